The summed E-state index contributed by atoms with van der Waals surface area (Å²) in [6.07, 6.45) is 15.6. The maximum atomic E-state index is 13.9. The Morgan fingerprint density at radius 2 is 0.655 bits per heavy atom. The highest BCUT2D eigenvalue weighted by atomic mass is 31.2. The molecule has 0 unspecified atom stereocenters. The first-order chi connectivity index (χ1) is 14.0. The van der Waals surface area contributed by atoms with Gasteiger partial charge in [-0.1, -0.05) is 51.4 Å². The van der Waals surface area contributed by atoms with E-state index in [1.165, 1.54) is 0 Å². The molecule has 0 aromatic heterocycles. The predicted octanol–water partition coefficient (Wildman–Crippen LogP) is 7.17. The molecular formula is C21H38O6P2. The number of hydrogen-bond donors (Lipinski definition) is 0. The minimum atomic E-state index is -3.57. The molecule has 4 fully saturated rings. The predicted molar refractivity (Wildman–Crippen MR) is 113 cm³/mol. The van der Waals surface area contributed by atoms with Crippen molar-refractivity contribution in [1.29, 1.82) is 0 Å². The third-order valence-electron chi connectivity index (χ3n) is 6.79. The van der Waals surface area contributed by atoms with Gasteiger partial charge in [0.25, 0.3) is 0 Å². The van der Waals surface area contributed by atoms with Gasteiger partial charge >= 0.3 is 15.2 Å². The molecule has 0 atom stereocenters. The smallest absolute Gasteiger partial charge is 0.305 e. The Labute approximate surface area is 175 Å². The van der Waals surface area contributed by atoms with Crippen LogP contribution < -0.4 is 0 Å². The molecule has 0 aromatic carbocycles. The number of rotatable bonds is 10. The van der Waals surface area contributed by atoms with Gasteiger partial charge in [-0.15, -0.1) is 0 Å². The molecule has 0 saturated heterocycles. The standard InChI is InChI=1S/C21H38O6P2/c22-28(24-18-9-1-2-10-18,25-19-11-3-4-12-19)17-29(23,26-20-13-5-6-14-20)27-21-15-7-8-16-21/h18-21H,1-17H2. The van der Waals surface area contributed by atoms with Gasteiger partial charge in [0.05, 0.1) is 24.4 Å². The first-order valence-electron chi connectivity index (χ1n) is 11.9. The zero-order valence-electron chi connectivity index (χ0n) is 17.7. The summed E-state index contributed by atoms with van der Waals surface area (Å²) in [6, 6.07) is 0. The highest BCUT2D eigenvalue weighted by Crippen LogP contribution is 2.67. The second-order valence-corrected chi connectivity index (χ2v) is 13.8. The quantitative estimate of drug-likeness (QED) is 0.330. The van der Waals surface area contributed by atoms with E-state index in [0.29, 0.717) is 0 Å². The van der Waals surface area contributed by atoms with Crippen LogP contribution in [0.15, 0.2) is 0 Å². The Bertz CT molecular complexity index is 506. The van der Waals surface area contributed by atoms with E-state index in [4.69, 9.17) is 18.1 Å². The van der Waals surface area contributed by atoms with Crippen LogP contribution in [0.4, 0.5) is 0 Å². The molecule has 0 spiro atoms. The highest BCUT2D eigenvalue weighted by molar-refractivity contribution is 7.71. The summed E-state index contributed by atoms with van der Waals surface area (Å²) in [4.78, 5) is 0. The molecule has 8 heteroatoms. The van der Waals surface area contributed by atoms with Gasteiger partial charge in [0, 0.05) is 0 Å². The van der Waals surface area contributed by atoms with Crippen molar-refractivity contribution in [3.8, 4) is 0 Å². The molecule has 0 heterocycles. The molecule has 29 heavy (non-hydrogen) atoms. The maximum absolute atomic E-state index is 13.9. The summed E-state index contributed by atoms with van der Waals surface area (Å²) in [5.74, 6) is -0.222. The second kappa shape index (κ2) is 10.3. The van der Waals surface area contributed by atoms with E-state index in [0.717, 1.165) is 103 Å². The van der Waals surface area contributed by atoms with Crippen molar-refractivity contribution in [3.63, 3.8) is 0 Å². The van der Waals surface area contributed by atoms with E-state index < -0.39 is 15.2 Å². The molecule has 4 saturated carbocycles. The molecule has 0 N–H and O–H groups in total. The van der Waals surface area contributed by atoms with E-state index in [9.17, 15) is 9.13 Å². The molecule has 6 nitrogen and oxygen atoms in total. The monoisotopic (exact) mass is 448 g/mol. The highest BCUT2D eigenvalue weighted by Gasteiger charge is 2.45. The average molecular weight is 448 g/mol. The van der Waals surface area contributed by atoms with Gasteiger partial charge in [-0.05, 0) is 51.4 Å². The molecule has 168 valence electrons. The van der Waals surface area contributed by atoms with Crippen LogP contribution in [0.1, 0.15) is 103 Å². The van der Waals surface area contributed by atoms with Crippen molar-refractivity contribution in [2.75, 3.05) is 5.90 Å². The van der Waals surface area contributed by atoms with Crippen LogP contribution in [0.25, 0.3) is 0 Å². The van der Waals surface area contributed by atoms with Gasteiger partial charge in [-0.3, -0.25) is 9.13 Å². The van der Waals surface area contributed by atoms with Gasteiger partial charge in [0.15, 0.2) is 5.90 Å². The minimum absolute atomic E-state index is 0.0614. The van der Waals surface area contributed by atoms with E-state index in [-0.39, 0.29) is 30.3 Å². The minimum Gasteiger partial charge on any atom is -0.305 e. The van der Waals surface area contributed by atoms with Crippen LogP contribution >= 0.6 is 15.2 Å². The zero-order chi connectivity index (χ0) is 20.2. The fourth-order valence-electron chi connectivity index (χ4n) is 5.28. The van der Waals surface area contributed by atoms with Crippen molar-refractivity contribution in [2.24, 2.45) is 0 Å². The van der Waals surface area contributed by atoms with Gasteiger partial charge in [0.2, 0.25) is 0 Å². The Morgan fingerprint density at radius 3 is 0.862 bits per heavy atom. The summed E-state index contributed by atoms with van der Waals surface area (Å²) < 4.78 is 52.2. The SMILES string of the molecule is O=P(CP(=O)(OC1CCCC1)OC1CCCC1)(OC1CCCC1)OC1CCCC1. The summed E-state index contributed by atoms with van der Waals surface area (Å²) in [5, 5.41) is 0. The first-order valence-corrected chi connectivity index (χ1v) is 15.4. The molecule has 4 aliphatic carbocycles. The molecule has 0 bridgehead atoms. The van der Waals surface area contributed by atoms with Crippen molar-refractivity contribution in [1.82, 2.24) is 0 Å². The maximum Gasteiger partial charge on any atom is 0.343 e. The fourth-order valence-corrected chi connectivity index (χ4v) is 10.8. The van der Waals surface area contributed by atoms with Crippen molar-refractivity contribution in [2.45, 2.75) is 127 Å². The molecule has 0 aromatic rings. The Balaban J connectivity index is 1.50. The summed E-state index contributed by atoms with van der Waals surface area (Å²) in [5.41, 5.74) is 0. The van der Waals surface area contributed by atoms with E-state index in [2.05, 4.69) is 0 Å². The van der Waals surface area contributed by atoms with Crippen LogP contribution in [0, 0.1) is 0 Å². The van der Waals surface area contributed by atoms with E-state index >= 15 is 0 Å². The summed E-state index contributed by atoms with van der Waals surface area (Å²) in [7, 11) is -7.13. The zero-order valence-corrected chi connectivity index (χ0v) is 19.5. The molecule has 0 radical (unpaired) electrons. The topological polar surface area (TPSA) is 71.1 Å². The third-order valence-corrected chi connectivity index (χ3v) is 12.0. The van der Waals surface area contributed by atoms with Crippen molar-refractivity contribution >= 4 is 15.2 Å². The van der Waals surface area contributed by atoms with Crippen molar-refractivity contribution < 1.29 is 27.2 Å². The largest absolute Gasteiger partial charge is 0.343 e. The van der Waals surface area contributed by atoms with Gasteiger partial charge in [-0.25, -0.2) is 0 Å². The van der Waals surface area contributed by atoms with E-state index in [1.54, 1.807) is 0 Å². The van der Waals surface area contributed by atoms with Gasteiger partial charge in [-0.2, -0.15) is 0 Å². The molecule has 4 rings (SSSR count). The third kappa shape index (κ3) is 6.64. The van der Waals surface area contributed by atoms with Crippen LogP contribution in [0.3, 0.4) is 0 Å². The molecule has 0 amide bonds. The van der Waals surface area contributed by atoms with Crippen LogP contribution in [-0.2, 0) is 27.2 Å². The Hall–Kier alpha value is 0.300. The van der Waals surface area contributed by atoms with Crippen LogP contribution in [0.5, 0.6) is 0 Å². The summed E-state index contributed by atoms with van der Waals surface area (Å²) in [6.45, 7) is 0. The van der Waals surface area contributed by atoms with Crippen LogP contribution in [0.2, 0.25) is 0 Å². The van der Waals surface area contributed by atoms with Gasteiger partial charge < -0.3 is 18.1 Å². The van der Waals surface area contributed by atoms with Crippen molar-refractivity contribution in [3.05, 3.63) is 0 Å². The normalized spacial score (nSPS) is 26.2. The lowest BCUT2D eigenvalue weighted by molar-refractivity contribution is 0.107. The molecule has 0 aliphatic heterocycles. The van der Waals surface area contributed by atoms with Crippen LogP contribution in [-0.4, -0.2) is 30.3 Å². The molecular weight excluding hydrogens is 410 g/mol. The summed E-state index contributed by atoms with van der Waals surface area (Å²) >= 11 is 0. The fraction of sp³-hybridized carbons (Fsp3) is 1.00. The average Bonchev–Trinajstić information content (AvgIpc) is 3.43. The van der Waals surface area contributed by atoms with Gasteiger partial charge in [0.1, 0.15) is 0 Å². The number of hydrogen-bond acceptors (Lipinski definition) is 6. The Kier molecular flexibility index (Phi) is 7.97. The lowest BCUT2D eigenvalue weighted by Crippen LogP contribution is -2.18. The van der Waals surface area contributed by atoms with E-state index in [1.807, 2.05) is 0 Å². The molecule has 4 aliphatic rings. The lowest BCUT2D eigenvalue weighted by Gasteiger charge is -2.30. The second-order valence-electron chi connectivity index (χ2n) is 9.41. The lowest BCUT2D eigenvalue weighted by atomic mass is 10.3. The first kappa shape index (κ1) is 22.5. The Morgan fingerprint density at radius 1 is 0.448 bits per heavy atom.